The maximum atomic E-state index is 13.9. The third kappa shape index (κ3) is 6.87. The molecule has 0 saturated carbocycles. The van der Waals surface area contributed by atoms with Gasteiger partial charge < -0.3 is 14.6 Å². The maximum Gasteiger partial charge on any atom is 0.279 e. The molecule has 11 nitrogen and oxygen atoms in total. The Hall–Kier alpha value is -4.52. The Kier molecular flexibility index (Phi) is 9.68. The fourth-order valence-corrected chi connectivity index (χ4v) is 8.15. The molecule has 12 heteroatoms. The molecule has 1 atom stereocenters. The molecule has 48 heavy (non-hydrogen) atoms. The van der Waals surface area contributed by atoms with Crippen LogP contribution in [0.2, 0.25) is 0 Å². The number of fused-ring (bicyclic) bond motifs is 2. The number of aromatic nitrogens is 2. The highest BCUT2D eigenvalue weighted by Gasteiger charge is 2.44. The molecule has 0 fully saturated rings. The van der Waals surface area contributed by atoms with Gasteiger partial charge in [0.25, 0.3) is 15.7 Å². The van der Waals surface area contributed by atoms with Crippen LogP contribution in [0.4, 0.5) is 5.69 Å². The zero-order valence-electron chi connectivity index (χ0n) is 27.2. The Morgan fingerprint density at radius 3 is 2.21 bits per heavy atom. The van der Waals surface area contributed by atoms with Crippen molar-refractivity contribution in [3.63, 3.8) is 0 Å². The van der Waals surface area contributed by atoms with Crippen molar-refractivity contribution in [1.29, 1.82) is 0 Å². The Morgan fingerprint density at radius 2 is 1.60 bits per heavy atom. The van der Waals surface area contributed by atoms with Crippen LogP contribution < -0.4 is 9.47 Å². The second-order valence-electron chi connectivity index (χ2n) is 12.4. The quantitative estimate of drug-likeness (QED) is 0.1000. The molecule has 0 bridgehead atoms. The molecule has 1 N–H and O–H groups in total. The SMILES string of the molecule is COc1ccc(CN(Cc2ccc(OC)cc2)S(=O)(=O)c2ccn(CC/C=C\CC3(O)CCc4cc5c(c([N+](=O)[O-])c43)CCC5)n2)cc1. The predicted octanol–water partition coefficient (Wildman–Crippen LogP) is 5.86. The number of methoxy groups -OCH3 is 2. The Morgan fingerprint density at radius 1 is 0.958 bits per heavy atom. The summed E-state index contributed by atoms with van der Waals surface area (Å²) in [4.78, 5) is 11.8. The molecule has 0 radical (unpaired) electrons. The van der Waals surface area contributed by atoms with Gasteiger partial charge in [0.1, 0.15) is 17.1 Å². The monoisotopic (exact) mass is 672 g/mol. The minimum absolute atomic E-state index is 0.0507. The molecule has 6 rings (SSSR count). The number of nitro benzene ring substituents is 1. The molecule has 0 aliphatic heterocycles. The van der Waals surface area contributed by atoms with E-state index in [0.717, 1.165) is 40.7 Å². The number of benzene rings is 3. The van der Waals surface area contributed by atoms with Gasteiger partial charge in [0.15, 0.2) is 5.03 Å². The lowest BCUT2D eigenvalue weighted by Crippen LogP contribution is -2.30. The van der Waals surface area contributed by atoms with Gasteiger partial charge in [0, 0.05) is 31.4 Å². The molecule has 3 aromatic carbocycles. The zero-order chi connectivity index (χ0) is 33.9. The highest BCUT2D eigenvalue weighted by atomic mass is 32.2. The number of aryl methyl sites for hydroxylation is 3. The lowest BCUT2D eigenvalue weighted by atomic mass is 9.88. The Bertz CT molecular complexity index is 1870. The van der Waals surface area contributed by atoms with Crippen molar-refractivity contribution < 1.29 is 27.9 Å². The predicted molar refractivity (Wildman–Crippen MR) is 180 cm³/mol. The van der Waals surface area contributed by atoms with Crippen LogP contribution in [0.5, 0.6) is 11.5 Å². The van der Waals surface area contributed by atoms with Crippen molar-refractivity contribution in [2.45, 2.75) is 75.2 Å². The summed E-state index contributed by atoms with van der Waals surface area (Å²) in [6, 6.07) is 18.1. The van der Waals surface area contributed by atoms with Crippen LogP contribution >= 0.6 is 0 Å². The summed E-state index contributed by atoms with van der Waals surface area (Å²) >= 11 is 0. The number of nitrogens with zero attached hydrogens (tertiary/aromatic N) is 4. The Labute approximate surface area is 280 Å². The second-order valence-corrected chi connectivity index (χ2v) is 14.3. The molecule has 0 amide bonds. The minimum atomic E-state index is -3.97. The van der Waals surface area contributed by atoms with Crippen LogP contribution in [0.3, 0.4) is 0 Å². The van der Waals surface area contributed by atoms with E-state index in [0.29, 0.717) is 49.3 Å². The molecule has 0 spiro atoms. The number of sulfonamides is 1. The van der Waals surface area contributed by atoms with Crippen LogP contribution in [0.1, 0.15) is 59.1 Å². The van der Waals surface area contributed by atoms with Crippen LogP contribution in [0.15, 0.2) is 84.0 Å². The molecule has 4 aromatic rings. The number of hydrogen-bond donors (Lipinski definition) is 1. The number of allylic oxidation sites excluding steroid dienone is 1. The molecule has 2 aliphatic rings. The van der Waals surface area contributed by atoms with Gasteiger partial charge in [-0.05, 0) is 97.5 Å². The standard InChI is InChI=1S/C36H40N4O7S/c1-46-30-13-9-26(10-14-30)24-39(25-27-11-15-31(47-2)16-12-27)48(44,45)33-18-22-38(37-33)21-5-3-4-19-36(41)20-17-29-23-28-7-6-8-32(28)35(34(29)36)40(42)43/h3-4,9-16,18,22-23,41H,5-8,17,19-21,24-25H2,1-2H3/b4-3-. The van der Waals surface area contributed by atoms with E-state index < -0.39 is 15.6 Å². The summed E-state index contributed by atoms with van der Waals surface area (Å²) in [6.07, 6.45) is 9.70. The molecule has 1 heterocycles. The van der Waals surface area contributed by atoms with E-state index in [1.54, 1.807) is 49.4 Å². The van der Waals surface area contributed by atoms with Crippen LogP contribution in [0.25, 0.3) is 0 Å². The minimum Gasteiger partial charge on any atom is -0.497 e. The van der Waals surface area contributed by atoms with Gasteiger partial charge in [0.05, 0.1) is 24.7 Å². The number of ether oxygens (including phenoxy) is 2. The number of aliphatic hydroxyl groups is 1. The highest BCUT2D eigenvalue weighted by Crippen LogP contribution is 2.48. The van der Waals surface area contributed by atoms with E-state index >= 15 is 0 Å². The van der Waals surface area contributed by atoms with Crippen LogP contribution in [-0.2, 0) is 54.5 Å². The maximum absolute atomic E-state index is 13.9. The Balaban J connectivity index is 1.13. The first-order valence-electron chi connectivity index (χ1n) is 16.1. The van der Waals surface area contributed by atoms with Crippen LogP contribution in [0, 0.1) is 10.1 Å². The second kappa shape index (κ2) is 13.9. The van der Waals surface area contributed by atoms with Crippen molar-refractivity contribution >= 4 is 15.7 Å². The van der Waals surface area contributed by atoms with Gasteiger partial charge >= 0.3 is 0 Å². The molecule has 1 unspecified atom stereocenters. The fourth-order valence-electron chi connectivity index (χ4n) is 6.81. The average molecular weight is 673 g/mol. The molecular weight excluding hydrogens is 632 g/mol. The third-order valence-electron chi connectivity index (χ3n) is 9.31. The smallest absolute Gasteiger partial charge is 0.279 e. The lowest BCUT2D eigenvalue weighted by Gasteiger charge is -2.23. The third-order valence-corrected chi connectivity index (χ3v) is 11.0. The zero-order valence-corrected chi connectivity index (χ0v) is 28.0. The topological polar surface area (TPSA) is 137 Å². The number of nitro groups is 1. The van der Waals surface area contributed by atoms with E-state index in [1.165, 1.54) is 10.4 Å². The molecule has 0 saturated heterocycles. The van der Waals surface area contributed by atoms with Crippen molar-refractivity contribution in [2.75, 3.05) is 14.2 Å². The molecule has 2 aliphatic carbocycles. The van der Waals surface area contributed by atoms with Crippen molar-refractivity contribution in [1.82, 2.24) is 14.1 Å². The number of rotatable bonds is 14. The highest BCUT2D eigenvalue weighted by molar-refractivity contribution is 7.89. The first-order chi connectivity index (χ1) is 23.1. The first kappa shape index (κ1) is 33.4. The van der Waals surface area contributed by atoms with E-state index in [9.17, 15) is 23.6 Å². The van der Waals surface area contributed by atoms with Gasteiger partial charge in [-0.2, -0.15) is 9.40 Å². The number of hydrogen-bond acceptors (Lipinski definition) is 8. The lowest BCUT2D eigenvalue weighted by molar-refractivity contribution is -0.387. The van der Waals surface area contributed by atoms with Crippen molar-refractivity contribution in [3.05, 3.63) is 123 Å². The summed E-state index contributed by atoms with van der Waals surface area (Å²) in [5, 5.41) is 28.0. The van der Waals surface area contributed by atoms with Gasteiger partial charge in [0.2, 0.25) is 0 Å². The fraction of sp³-hybridized carbons (Fsp3) is 0.361. The van der Waals surface area contributed by atoms with E-state index in [2.05, 4.69) is 11.2 Å². The summed E-state index contributed by atoms with van der Waals surface area (Å²) < 4.78 is 41.3. The van der Waals surface area contributed by atoms with Crippen molar-refractivity contribution in [2.24, 2.45) is 0 Å². The van der Waals surface area contributed by atoms with Gasteiger partial charge in [-0.15, -0.1) is 0 Å². The van der Waals surface area contributed by atoms with Gasteiger partial charge in [-0.3, -0.25) is 14.8 Å². The molecule has 1 aromatic heterocycles. The van der Waals surface area contributed by atoms with E-state index in [1.807, 2.05) is 36.4 Å². The van der Waals surface area contributed by atoms with Gasteiger partial charge in [-0.25, -0.2) is 8.42 Å². The van der Waals surface area contributed by atoms with Crippen LogP contribution in [-0.4, -0.2) is 46.8 Å². The average Bonchev–Trinajstić information content (AvgIpc) is 3.84. The summed E-state index contributed by atoms with van der Waals surface area (Å²) in [6.45, 7) is 0.702. The molecule has 252 valence electrons. The van der Waals surface area contributed by atoms with E-state index in [-0.39, 0.29) is 35.1 Å². The van der Waals surface area contributed by atoms with Crippen molar-refractivity contribution in [3.8, 4) is 11.5 Å². The first-order valence-corrected chi connectivity index (χ1v) is 17.5. The normalized spacial score (nSPS) is 17.2. The van der Waals surface area contributed by atoms with Gasteiger partial charge in [-0.1, -0.05) is 42.5 Å². The summed E-state index contributed by atoms with van der Waals surface area (Å²) in [5.74, 6) is 1.37. The van der Waals surface area contributed by atoms with E-state index in [4.69, 9.17) is 9.47 Å². The summed E-state index contributed by atoms with van der Waals surface area (Å²) in [7, 11) is -0.811. The summed E-state index contributed by atoms with van der Waals surface area (Å²) in [5.41, 5.74) is 3.62. The molecular formula is C36H40N4O7S. The largest absolute Gasteiger partial charge is 0.497 e.